The summed E-state index contributed by atoms with van der Waals surface area (Å²) in [5, 5.41) is 3.72. The number of nitrogens with one attached hydrogen (secondary N) is 1. The Morgan fingerprint density at radius 1 is 1.14 bits per heavy atom. The number of carbonyl (C=O) groups excluding carboxylic acids is 1. The van der Waals surface area contributed by atoms with Crippen LogP contribution < -0.4 is 5.32 Å². The lowest BCUT2D eigenvalue weighted by molar-refractivity contribution is -0.120. The van der Waals surface area contributed by atoms with E-state index in [4.69, 9.17) is 0 Å². The SMILES string of the molecule is O=C(Nc1nc2ccc3ncsc3c2s1)C1CCCCC1. The summed E-state index contributed by atoms with van der Waals surface area (Å²) in [6.45, 7) is 0. The molecule has 1 aliphatic rings. The number of thiazole rings is 2. The van der Waals surface area contributed by atoms with Crippen LogP contribution in [-0.2, 0) is 4.79 Å². The predicted octanol–water partition coefficient (Wildman–Crippen LogP) is 4.42. The average Bonchev–Trinajstić information content (AvgIpc) is 3.12. The molecular formula is C15H15N3OS2. The van der Waals surface area contributed by atoms with Gasteiger partial charge in [-0.25, -0.2) is 9.97 Å². The minimum absolute atomic E-state index is 0.134. The van der Waals surface area contributed by atoms with Crippen LogP contribution in [0, 0.1) is 5.92 Å². The van der Waals surface area contributed by atoms with E-state index < -0.39 is 0 Å². The van der Waals surface area contributed by atoms with Gasteiger partial charge in [0.2, 0.25) is 5.91 Å². The van der Waals surface area contributed by atoms with Crippen molar-refractivity contribution in [3.8, 4) is 0 Å². The maximum absolute atomic E-state index is 12.3. The van der Waals surface area contributed by atoms with Crippen molar-refractivity contribution >= 4 is 54.1 Å². The summed E-state index contributed by atoms with van der Waals surface area (Å²) in [5.41, 5.74) is 3.79. The normalized spacial score (nSPS) is 16.6. The highest BCUT2D eigenvalue weighted by atomic mass is 32.1. The summed E-state index contributed by atoms with van der Waals surface area (Å²) >= 11 is 3.17. The molecule has 0 spiro atoms. The molecule has 108 valence electrons. The highest BCUT2D eigenvalue weighted by molar-refractivity contribution is 7.28. The standard InChI is InChI=1S/C15H15N3OS2/c19-14(9-4-2-1-3-5-9)18-15-17-11-7-6-10-12(13(11)21-15)20-8-16-10/h6-9H,1-5H2,(H,17,18,19). The molecule has 4 nitrogen and oxygen atoms in total. The summed E-state index contributed by atoms with van der Waals surface area (Å²) in [6, 6.07) is 3.96. The van der Waals surface area contributed by atoms with E-state index >= 15 is 0 Å². The van der Waals surface area contributed by atoms with Crippen LogP contribution in [-0.4, -0.2) is 15.9 Å². The minimum atomic E-state index is 0.134. The van der Waals surface area contributed by atoms with Gasteiger partial charge in [-0.15, -0.1) is 11.3 Å². The lowest BCUT2D eigenvalue weighted by Crippen LogP contribution is -2.24. The van der Waals surface area contributed by atoms with Gasteiger partial charge in [-0.2, -0.15) is 0 Å². The van der Waals surface area contributed by atoms with E-state index in [1.807, 2.05) is 17.6 Å². The van der Waals surface area contributed by atoms with Gasteiger partial charge in [-0.1, -0.05) is 30.6 Å². The van der Waals surface area contributed by atoms with Gasteiger partial charge in [0.15, 0.2) is 5.13 Å². The molecule has 2 aromatic heterocycles. The van der Waals surface area contributed by atoms with Gasteiger partial charge in [-0.05, 0) is 25.0 Å². The molecule has 1 saturated carbocycles. The van der Waals surface area contributed by atoms with Crippen molar-refractivity contribution in [3.63, 3.8) is 0 Å². The predicted molar refractivity (Wildman–Crippen MR) is 88.0 cm³/mol. The molecule has 21 heavy (non-hydrogen) atoms. The van der Waals surface area contributed by atoms with Gasteiger partial charge in [-0.3, -0.25) is 4.79 Å². The Labute approximate surface area is 130 Å². The maximum atomic E-state index is 12.3. The molecule has 1 aromatic carbocycles. The molecule has 0 saturated heterocycles. The number of nitrogens with zero attached hydrogens (tertiary/aromatic N) is 2. The molecule has 4 rings (SSSR count). The van der Waals surface area contributed by atoms with E-state index in [0.29, 0.717) is 5.13 Å². The molecule has 1 N–H and O–H groups in total. The van der Waals surface area contributed by atoms with Crippen molar-refractivity contribution in [3.05, 3.63) is 17.6 Å². The van der Waals surface area contributed by atoms with Gasteiger partial charge in [0.1, 0.15) is 0 Å². The molecule has 2 heterocycles. The van der Waals surface area contributed by atoms with Gasteiger partial charge < -0.3 is 5.32 Å². The number of rotatable bonds is 2. The van der Waals surface area contributed by atoms with Crippen molar-refractivity contribution in [2.75, 3.05) is 5.32 Å². The van der Waals surface area contributed by atoms with Crippen LogP contribution in [0.3, 0.4) is 0 Å². The van der Waals surface area contributed by atoms with Crippen molar-refractivity contribution < 1.29 is 4.79 Å². The molecule has 0 aliphatic heterocycles. The monoisotopic (exact) mass is 317 g/mol. The topological polar surface area (TPSA) is 54.9 Å². The first-order valence-corrected chi connectivity index (χ1v) is 8.94. The molecule has 0 atom stereocenters. The molecule has 0 bridgehead atoms. The highest BCUT2D eigenvalue weighted by Crippen LogP contribution is 2.35. The number of hydrogen-bond donors (Lipinski definition) is 1. The molecular weight excluding hydrogens is 302 g/mol. The third kappa shape index (κ3) is 2.42. The van der Waals surface area contributed by atoms with E-state index in [0.717, 1.165) is 33.3 Å². The second-order valence-corrected chi connectivity index (χ2v) is 7.31. The van der Waals surface area contributed by atoms with Crippen LogP contribution in [0.2, 0.25) is 0 Å². The van der Waals surface area contributed by atoms with Crippen LogP contribution in [0.5, 0.6) is 0 Å². The van der Waals surface area contributed by atoms with E-state index in [1.54, 1.807) is 22.7 Å². The Hall–Kier alpha value is -1.53. The summed E-state index contributed by atoms with van der Waals surface area (Å²) in [5.74, 6) is 0.295. The highest BCUT2D eigenvalue weighted by Gasteiger charge is 2.22. The Morgan fingerprint density at radius 2 is 1.95 bits per heavy atom. The third-order valence-electron chi connectivity index (χ3n) is 4.06. The van der Waals surface area contributed by atoms with Gasteiger partial charge in [0, 0.05) is 5.92 Å². The fourth-order valence-corrected chi connectivity index (χ4v) is 4.83. The van der Waals surface area contributed by atoms with E-state index in [2.05, 4.69) is 15.3 Å². The average molecular weight is 317 g/mol. The smallest absolute Gasteiger partial charge is 0.229 e. The second kappa shape index (κ2) is 5.35. The molecule has 6 heteroatoms. The van der Waals surface area contributed by atoms with E-state index in [9.17, 15) is 4.79 Å². The minimum Gasteiger partial charge on any atom is -0.302 e. The number of fused-ring (bicyclic) bond motifs is 3. The Balaban J connectivity index is 1.62. The van der Waals surface area contributed by atoms with E-state index in [1.165, 1.54) is 19.3 Å². The summed E-state index contributed by atoms with van der Waals surface area (Å²) in [4.78, 5) is 21.2. The van der Waals surface area contributed by atoms with Gasteiger partial charge in [0.05, 0.1) is 25.9 Å². The van der Waals surface area contributed by atoms with Crippen LogP contribution in [0.15, 0.2) is 17.6 Å². The first kappa shape index (κ1) is 13.2. The zero-order chi connectivity index (χ0) is 14.2. The Bertz CT molecular complexity index is 802. The second-order valence-electron chi connectivity index (χ2n) is 5.46. The van der Waals surface area contributed by atoms with Crippen molar-refractivity contribution in [1.82, 2.24) is 9.97 Å². The molecule has 0 radical (unpaired) electrons. The van der Waals surface area contributed by atoms with Crippen LogP contribution in [0.4, 0.5) is 5.13 Å². The fraction of sp³-hybridized carbons (Fsp3) is 0.400. The number of amides is 1. The summed E-state index contributed by atoms with van der Waals surface area (Å²) in [7, 11) is 0. The van der Waals surface area contributed by atoms with Crippen molar-refractivity contribution in [2.45, 2.75) is 32.1 Å². The molecule has 0 unspecified atom stereocenters. The first-order valence-electron chi connectivity index (χ1n) is 7.25. The maximum Gasteiger partial charge on any atom is 0.229 e. The van der Waals surface area contributed by atoms with Crippen LogP contribution >= 0.6 is 22.7 Å². The first-order chi connectivity index (χ1) is 10.3. The largest absolute Gasteiger partial charge is 0.302 e. The lowest BCUT2D eigenvalue weighted by Gasteiger charge is -2.19. The lowest BCUT2D eigenvalue weighted by atomic mass is 9.89. The Morgan fingerprint density at radius 3 is 2.81 bits per heavy atom. The zero-order valence-electron chi connectivity index (χ0n) is 11.5. The zero-order valence-corrected chi connectivity index (χ0v) is 13.1. The molecule has 1 fully saturated rings. The summed E-state index contributed by atoms with van der Waals surface area (Å²) in [6.07, 6.45) is 5.61. The number of hydrogen-bond acceptors (Lipinski definition) is 5. The van der Waals surface area contributed by atoms with Crippen molar-refractivity contribution in [1.29, 1.82) is 0 Å². The Kier molecular flexibility index (Phi) is 3.35. The fourth-order valence-electron chi connectivity index (χ4n) is 2.93. The molecule has 1 aliphatic carbocycles. The van der Waals surface area contributed by atoms with Crippen LogP contribution in [0.1, 0.15) is 32.1 Å². The number of carbonyl (C=O) groups is 1. The number of aromatic nitrogens is 2. The van der Waals surface area contributed by atoms with Gasteiger partial charge in [0.25, 0.3) is 0 Å². The number of anilines is 1. The molecule has 3 aromatic rings. The third-order valence-corrected chi connectivity index (χ3v) is 6.05. The molecule has 1 amide bonds. The summed E-state index contributed by atoms with van der Waals surface area (Å²) < 4.78 is 2.28. The van der Waals surface area contributed by atoms with Crippen molar-refractivity contribution in [2.24, 2.45) is 5.92 Å². The number of benzene rings is 1. The van der Waals surface area contributed by atoms with Crippen LogP contribution in [0.25, 0.3) is 20.4 Å². The van der Waals surface area contributed by atoms with E-state index in [-0.39, 0.29) is 11.8 Å². The van der Waals surface area contributed by atoms with Gasteiger partial charge >= 0.3 is 0 Å². The quantitative estimate of drug-likeness (QED) is 0.761.